The summed E-state index contributed by atoms with van der Waals surface area (Å²) in [4.78, 5) is 39.2. The molecule has 0 spiro atoms. The molecule has 4 aromatic rings. The van der Waals surface area contributed by atoms with E-state index >= 15 is 0 Å². The fraction of sp³-hybridized carbons (Fsp3) is 0.250. The molecule has 2 atom stereocenters. The Morgan fingerprint density at radius 3 is 2.66 bits per heavy atom. The van der Waals surface area contributed by atoms with Crippen molar-refractivity contribution in [1.29, 1.82) is 0 Å². The molecule has 2 aromatic carbocycles. The van der Waals surface area contributed by atoms with Gasteiger partial charge in [0.25, 0.3) is 11.5 Å². The Balaban J connectivity index is 1.19. The first-order valence-corrected chi connectivity index (χ1v) is 11.8. The second kappa shape index (κ2) is 8.58. The van der Waals surface area contributed by atoms with Gasteiger partial charge in [0.1, 0.15) is 11.3 Å². The van der Waals surface area contributed by atoms with Crippen LogP contribution in [0.5, 0.6) is 5.75 Å². The molecule has 1 saturated heterocycles. The van der Waals surface area contributed by atoms with Crippen LogP contribution in [0.2, 0.25) is 0 Å². The fourth-order valence-electron chi connectivity index (χ4n) is 5.43. The zero-order valence-corrected chi connectivity index (χ0v) is 19.1. The van der Waals surface area contributed by atoms with Gasteiger partial charge in [0.2, 0.25) is 0 Å². The molecule has 2 aliphatic heterocycles. The normalized spacial score (nSPS) is 18.8. The Kier molecular flexibility index (Phi) is 5.25. The largest absolute Gasteiger partial charge is 0.484 e. The van der Waals surface area contributed by atoms with Gasteiger partial charge in [-0.3, -0.25) is 9.59 Å². The number of carbonyl (C=O) groups excluding carboxylic acids is 1. The number of carbonyl (C=O) groups is 1. The molecule has 7 heteroatoms. The van der Waals surface area contributed by atoms with E-state index in [-0.39, 0.29) is 29.9 Å². The third kappa shape index (κ3) is 4.03. The number of aromatic nitrogens is 1. The van der Waals surface area contributed by atoms with Crippen LogP contribution >= 0.6 is 0 Å². The Bertz CT molecular complexity index is 1540. The second-order valence-electron chi connectivity index (χ2n) is 9.29. The average Bonchev–Trinajstić information content (AvgIpc) is 2.87. The van der Waals surface area contributed by atoms with Crippen molar-refractivity contribution < 1.29 is 13.9 Å². The average molecular weight is 469 g/mol. The maximum atomic E-state index is 13.0. The number of hydrogen-bond donors (Lipinski definition) is 0. The van der Waals surface area contributed by atoms with E-state index in [9.17, 15) is 14.4 Å². The summed E-state index contributed by atoms with van der Waals surface area (Å²) in [5.41, 5.74) is 2.72. The van der Waals surface area contributed by atoms with Crippen molar-refractivity contribution in [2.75, 3.05) is 19.7 Å². The highest BCUT2D eigenvalue weighted by Crippen LogP contribution is 2.35. The first-order valence-electron chi connectivity index (χ1n) is 11.8. The number of fused-ring (bicyclic) bond motifs is 5. The summed E-state index contributed by atoms with van der Waals surface area (Å²) >= 11 is 0. The number of likely N-dealkylation sites (tertiary alicyclic amines) is 1. The SMILES string of the molecule is O=C(COc1ccc2c(-c3ccccc3)cc(=O)oc2c1)N1CC2CC(C1)c1cccc(=O)n1C2. The van der Waals surface area contributed by atoms with Crippen molar-refractivity contribution in [2.24, 2.45) is 5.92 Å². The lowest BCUT2D eigenvalue weighted by Gasteiger charge is -2.42. The lowest BCUT2D eigenvalue weighted by Crippen LogP contribution is -2.50. The molecule has 7 nitrogen and oxygen atoms in total. The predicted octanol–water partition coefficient (Wildman–Crippen LogP) is 3.65. The molecule has 2 aromatic heterocycles. The van der Waals surface area contributed by atoms with Crippen LogP contribution in [0.25, 0.3) is 22.1 Å². The van der Waals surface area contributed by atoms with Gasteiger partial charge in [-0.25, -0.2) is 4.79 Å². The van der Waals surface area contributed by atoms with Gasteiger partial charge in [-0.05, 0) is 41.7 Å². The van der Waals surface area contributed by atoms with E-state index in [0.29, 0.717) is 31.0 Å². The Hall–Kier alpha value is -4.13. The molecule has 1 amide bonds. The molecule has 0 N–H and O–H groups in total. The van der Waals surface area contributed by atoms with Crippen LogP contribution in [0.4, 0.5) is 0 Å². The van der Waals surface area contributed by atoms with Gasteiger partial charge in [0.05, 0.1) is 0 Å². The first kappa shape index (κ1) is 21.4. The van der Waals surface area contributed by atoms with Gasteiger partial charge >= 0.3 is 5.63 Å². The lowest BCUT2D eigenvalue weighted by molar-refractivity contribution is -0.136. The smallest absolute Gasteiger partial charge is 0.336 e. The molecule has 4 heterocycles. The van der Waals surface area contributed by atoms with Gasteiger partial charge in [-0.2, -0.15) is 0 Å². The van der Waals surface area contributed by atoms with Crippen molar-refractivity contribution in [1.82, 2.24) is 9.47 Å². The van der Waals surface area contributed by atoms with Gasteiger partial charge in [0, 0.05) is 54.8 Å². The van der Waals surface area contributed by atoms with Crippen LogP contribution in [-0.2, 0) is 11.3 Å². The topological polar surface area (TPSA) is 81.8 Å². The summed E-state index contributed by atoms with van der Waals surface area (Å²) in [6.45, 7) is 1.74. The first-order chi connectivity index (χ1) is 17.0. The number of pyridine rings is 1. The van der Waals surface area contributed by atoms with Crippen LogP contribution in [0.3, 0.4) is 0 Å². The molecule has 0 saturated carbocycles. The highest BCUT2D eigenvalue weighted by atomic mass is 16.5. The summed E-state index contributed by atoms with van der Waals surface area (Å²) in [7, 11) is 0. The van der Waals surface area contributed by atoms with E-state index in [1.165, 1.54) is 6.07 Å². The number of rotatable bonds is 4. The van der Waals surface area contributed by atoms with Crippen molar-refractivity contribution in [3.63, 3.8) is 0 Å². The maximum absolute atomic E-state index is 13.0. The van der Waals surface area contributed by atoms with Gasteiger partial charge in [-0.1, -0.05) is 36.4 Å². The Morgan fingerprint density at radius 2 is 1.80 bits per heavy atom. The number of ether oxygens (including phenoxy) is 1. The third-order valence-electron chi connectivity index (χ3n) is 7.00. The summed E-state index contributed by atoms with van der Waals surface area (Å²) < 4.78 is 13.1. The van der Waals surface area contributed by atoms with Crippen LogP contribution in [0.1, 0.15) is 18.0 Å². The molecule has 2 unspecified atom stereocenters. The summed E-state index contributed by atoms with van der Waals surface area (Å²) in [6.07, 6.45) is 0.988. The molecule has 6 rings (SSSR count). The van der Waals surface area contributed by atoms with Gasteiger partial charge in [0.15, 0.2) is 6.61 Å². The molecule has 0 radical (unpaired) electrons. The number of piperidine rings is 1. The van der Waals surface area contributed by atoms with Crippen molar-refractivity contribution in [3.05, 3.63) is 99.3 Å². The van der Waals surface area contributed by atoms with Crippen molar-refractivity contribution in [3.8, 4) is 16.9 Å². The van der Waals surface area contributed by atoms with Crippen LogP contribution in [0.15, 0.2) is 86.8 Å². The van der Waals surface area contributed by atoms with Crippen LogP contribution in [0, 0.1) is 5.92 Å². The molecular weight excluding hydrogens is 444 g/mol. The van der Waals surface area contributed by atoms with E-state index in [0.717, 1.165) is 28.6 Å². The van der Waals surface area contributed by atoms with E-state index in [1.54, 1.807) is 24.3 Å². The number of amides is 1. The molecule has 1 fully saturated rings. The van der Waals surface area contributed by atoms with Crippen LogP contribution < -0.4 is 15.9 Å². The van der Waals surface area contributed by atoms with E-state index < -0.39 is 5.63 Å². The molecule has 35 heavy (non-hydrogen) atoms. The minimum atomic E-state index is -0.441. The highest BCUT2D eigenvalue weighted by Gasteiger charge is 2.36. The van der Waals surface area contributed by atoms with Crippen molar-refractivity contribution in [2.45, 2.75) is 18.9 Å². The zero-order chi connectivity index (χ0) is 23.9. The van der Waals surface area contributed by atoms with Gasteiger partial charge < -0.3 is 18.6 Å². The van der Waals surface area contributed by atoms with E-state index in [4.69, 9.17) is 9.15 Å². The molecule has 176 valence electrons. The minimum Gasteiger partial charge on any atom is -0.484 e. The van der Waals surface area contributed by atoms with Gasteiger partial charge in [-0.15, -0.1) is 0 Å². The Labute approximate surface area is 201 Å². The van der Waals surface area contributed by atoms with E-state index in [2.05, 4.69) is 0 Å². The minimum absolute atomic E-state index is 0.0266. The predicted molar refractivity (Wildman–Crippen MR) is 132 cm³/mol. The fourth-order valence-corrected chi connectivity index (χ4v) is 5.43. The number of benzene rings is 2. The lowest BCUT2D eigenvalue weighted by atomic mass is 9.83. The van der Waals surface area contributed by atoms with E-state index in [1.807, 2.05) is 51.9 Å². The number of hydrogen-bond acceptors (Lipinski definition) is 5. The highest BCUT2D eigenvalue weighted by molar-refractivity contribution is 5.93. The molecule has 2 aliphatic rings. The Morgan fingerprint density at radius 1 is 0.943 bits per heavy atom. The third-order valence-corrected chi connectivity index (χ3v) is 7.00. The molecule has 2 bridgehead atoms. The quantitative estimate of drug-likeness (QED) is 0.427. The second-order valence-corrected chi connectivity index (χ2v) is 9.29. The summed E-state index contributed by atoms with van der Waals surface area (Å²) in [6, 6.07) is 21.8. The number of nitrogens with zero attached hydrogens (tertiary/aromatic N) is 2. The van der Waals surface area contributed by atoms with Crippen molar-refractivity contribution >= 4 is 16.9 Å². The monoisotopic (exact) mass is 468 g/mol. The molecule has 0 aliphatic carbocycles. The summed E-state index contributed by atoms with van der Waals surface area (Å²) in [5, 5.41) is 0.798. The maximum Gasteiger partial charge on any atom is 0.336 e. The zero-order valence-electron chi connectivity index (χ0n) is 19.1. The summed E-state index contributed by atoms with van der Waals surface area (Å²) in [5.74, 6) is 0.794. The molecular formula is C28H24N2O5. The van der Waals surface area contributed by atoms with Crippen LogP contribution in [-0.4, -0.2) is 35.1 Å². The standard InChI is InChI=1S/C28H24N2O5/c31-26-8-4-7-24-20-11-18(15-30(24)26)14-29(16-20)27(32)17-34-21-9-10-22-23(19-5-2-1-3-6-19)13-28(33)35-25(22)12-21/h1-10,12-13,18,20H,11,14-17H2.